The lowest BCUT2D eigenvalue weighted by atomic mass is 10.1. The zero-order valence-corrected chi connectivity index (χ0v) is 18.4. The first-order valence-corrected chi connectivity index (χ1v) is 10.6. The molecule has 3 rings (SSSR count). The molecule has 0 atom stereocenters. The van der Waals surface area contributed by atoms with E-state index in [1.807, 2.05) is 0 Å². The summed E-state index contributed by atoms with van der Waals surface area (Å²) in [6.07, 6.45) is 2.88. The molecule has 0 saturated carbocycles. The van der Waals surface area contributed by atoms with E-state index >= 15 is 0 Å². The molecule has 1 aromatic heterocycles. The fraction of sp³-hybridized carbons (Fsp3) is 0.240. The van der Waals surface area contributed by atoms with Crippen LogP contribution in [0.1, 0.15) is 18.1 Å². The summed E-state index contributed by atoms with van der Waals surface area (Å²) in [5.74, 6) is -0.764. The van der Waals surface area contributed by atoms with Gasteiger partial charge in [-0.15, -0.1) is 6.58 Å². The van der Waals surface area contributed by atoms with Crippen molar-refractivity contribution in [2.45, 2.75) is 20.0 Å². The molecular formula is C25H26FN3O4. The van der Waals surface area contributed by atoms with Crippen LogP contribution in [0.4, 0.5) is 9.18 Å². The van der Waals surface area contributed by atoms with Gasteiger partial charge in [0.15, 0.2) is 5.43 Å². The Balaban J connectivity index is 1.90. The lowest BCUT2D eigenvalue weighted by molar-refractivity contribution is -0.133. The Morgan fingerprint density at radius 2 is 1.82 bits per heavy atom. The first-order valence-electron chi connectivity index (χ1n) is 10.6. The molecular weight excluding hydrogens is 425 g/mol. The molecule has 33 heavy (non-hydrogen) atoms. The number of halogens is 1. The maximum Gasteiger partial charge on any atom is 0.318 e. The van der Waals surface area contributed by atoms with E-state index in [0.717, 1.165) is 0 Å². The second kappa shape index (κ2) is 11.1. The van der Waals surface area contributed by atoms with Gasteiger partial charge in [-0.1, -0.05) is 30.3 Å². The molecule has 0 aliphatic heterocycles. The smallest absolute Gasteiger partial charge is 0.318 e. The highest BCUT2D eigenvalue weighted by atomic mass is 19.1. The Labute approximate surface area is 191 Å². The fourth-order valence-corrected chi connectivity index (χ4v) is 3.38. The summed E-state index contributed by atoms with van der Waals surface area (Å²) < 4.78 is 18.9. The van der Waals surface area contributed by atoms with Crippen LogP contribution in [0.15, 0.2) is 76.7 Å². The van der Waals surface area contributed by atoms with E-state index in [4.69, 9.17) is 4.42 Å². The van der Waals surface area contributed by atoms with Crippen molar-refractivity contribution < 1.29 is 18.4 Å². The minimum atomic E-state index is -0.391. The molecule has 2 aromatic carbocycles. The van der Waals surface area contributed by atoms with E-state index in [2.05, 4.69) is 11.9 Å². The third-order valence-corrected chi connectivity index (χ3v) is 5.04. The highest BCUT2D eigenvalue weighted by molar-refractivity contribution is 5.84. The summed E-state index contributed by atoms with van der Waals surface area (Å²) in [6.45, 7) is 5.91. The zero-order valence-electron chi connectivity index (χ0n) is 18.4. The van der Waals surface area contributed by atoms with Crippen LogP contribution in [0.5, 0.6) is 0 Å². The Morgan fingerprint density at radius 3 is 2.52 bits per heavy atom. The lowest BCUT2D eigenvalue weighted by Crippen LogP contribution is -2.46. The quantitative estimate of drug-likeness (QED) is 0.503. The minimum Gasteiger partial charge on any atom is -0.464 e. The zero-order chi connectivity index (χ0) is 23.8. The predicted molar refractivity (Wildman–Crippen MR) is 124 cm³/mol. The van der Waals surface area contributed by atoms with E-state index in [1.165, 1.54) is 34.3 Å². The van der Waals surface area contributed by atoms with Gasteiger partial charge in [-0.3, -0.25) is 9.59 Å². The topological polar surface area (TPSA) is 82.9 Å². The largest absolute Gasteiger partial charge is 0.464 e. The number of amides is 3. The van der Waals surface area contributed by atoms with Crippen LogP contribution in [-0.2, 0) is 17.9 Å². The molecule has 8 heteroatoms. The molecule has 0 unspecified atom stereocenters. The van der Waals surface area contributed by atoms with Gasteiger partial charge in [0, 0.05) is 19.6 Å². The summed E-state index contributed by atoms with van der Waals surface area (Å²) in [5.41, 5.74) is 1.21. The summed E-state index contributed by atoms with van der Waals surface area (Å²) in [7, 11) is 0. The highest BCUT2D eigenvalue weighted by Crippen LogP contribution is 2.14. The highest BCUT2D eigenvalue weighted by Gasteiger charge is 2.22. The number of carbonyl (C=O) groups is 2. The molecule has 172 valence electrons. The van der Waals surface area contributed by atoms with E-state index in [1.54, 1.807) is 43.3 Å². The molecule has 0 aliphatic rings. The average molecular weight is 451 g/mol. The van der Waals surface area contributed by atoms with Crippen LogP contribution < -0.4 is 10.7 Å². The minimum absolute atomic E-state index is 0.0271. The number of hydrogen-bond acceptors (Lipinski definition) is 4. The summed E-state index contributed by atoms with van der Waals surface area (Å²) in [4.78, 5) is 41.3. The third kappa shape index (κ3) is 6.06. The van der Waals surface area contributed by atoms with Crippen LogP contribution in [0.2, 0.25) is 0 Å². The van der Waals surface area contributed by atoms with Crippen molar-refractivity contribution in [2.75, 3.05) is 19.6 Å². The van der Waals surface area contributed by atoms with Gasteiger partial charge in [0.25, 0.3) is 0 Å². The Hall–Kier alpha value is -3.94. The number of benzene rings is 2. The van der Waals surface area contributed by atoms with Gasteiger partial charge in [0.05, 0.1) is 23.8 Å². The van der Waals surface area contributed by atoms with Gasteiger partial charge < -0.3 is 19.5 Å². The number of rotatable bonds is 9. The van der Waals surface area contributed by atoms with Crippen LogP contribution >= 0.6 is 0 Å². The predicted octanol–water partition coefficient (Wildman–Crippen LogP) is 3.68. The van der Waals surface area contributed by atoms with Crippen molar-refractivity contribution in [3.63, 3.8) is 0 Å². The van der Waals surface area contributed by atoms with Crippen molar-refractivity contribution in [2.24, 2.45) is 0 Å². The molecule has 0 radical (unpaired) electrons. The fourth-order valence-electron chi connectivity index (χ4n) is 3.38. The Morgan fingerprint density at radius 1 is 1.09 bits per heavy atom. The molecule has 0 aliphatic carbocycles. The van der Waals surface area contributed by atoms with Gasteiger partial charge in [0.1, 0.15) is 17.9 Å². The lowest BCUT2D eigenvalue weighted by Gasteiger charge is -2.27. The number of nitrogens with one attached hydrogen (secondary N) is 1. The second-order valence-electron chi connectivity index (χ2n) is 7.47. The van der Waals surface area contributed by atoms with Gasteiger partial charge >= 0.3 is 6.03 Å². The number of nitrogens with zero attached hydrogens (tertiary/aromatic N) is 2. The van der Waals surface area contributed by atoms with Crippen molar-refractivity contribution in [1.29, 1.82) is 0 Å². The van der Waals surface area contributed by atoms with Crippen LogP contribution in [0.25, 0.3) is 11.0 Å². The number of urea groups is 1. The van der Waals surface area contributed by atoms with Crippen molar-refractivity contribution >= 4 is 22.9 Å². The molecule has 1 N–H and O–H groups in total. The summed E-state index contributed by atoms with van der Waals surface area (Å²) in [6, 6.07) is 12.2. The average Bonchev–Trinajstić information content (AvgIpc) is 2.81. The van der Waals surface area contributed by atoms with Gasteiger partial charge in [0.2, 0.25) is 5.91 Å². The normalized spacial score (nSPS) is 10.6. The van der Waals surface area contributed by atoms with Crippen LogP contribution in [-0.4, -0.2) is 41.4 Å². The van der Waals surface area contributed by atoms with E-state index < -0.39 is 6.03 Å². The van der Waals surface area contributed by atoms with Crippen LogP contribution in [0.3, 0.4) is 0 Å². The first-order chi connectivity index (χ1) is 15.9. The van der Waals surface area contributed by atoms with Gasteiger partial charge in [-0.25, -0.2) is 9.18 Å². The maximum atomic E-state index is 13.4. The SMILES string of the molecule is C=CCN(CC(=O)N(Cc1ccc(F)cc1)Cc1coc2ccccc2c1=O)C(=O)NCC. The molecule has 0 bridgehead atoms. The molecule has 3 aromatic rings. The number of carbonyl (C=O) groups excluding carboxylic acids is 2. The summed E-state index contributed by atoms with van der Waals surface area (Å²) >= 11 is 0. The monoisotopic (exact) mass is 451 g/mol. The van der Waals surface area contributed by atoms with Gasteiger partial charge in [-0.2, -0.15) is 0 Å². The second-order valence-corrected chi connectivity index (χ2v) is 7.47. The Bertz CT molecular complexity index is 1190. The molecule has 0 spiro atoms. The number of para-hydroxylation sites is 1. The molecule has 7 nitrogen and oxygen atoms in total. The van der Waals surface area contributed by atoms with E-state index in [9.17, 15) is 18.8 Å². The first kappa shape index (κ1) is 23.7. The van der Waals surface area contributed by atoms with Crippen molar-refractivity contribution in [1.82, 2.24) is 15.1 Å². The molecule has 0 saturated heterocycles. The van der Waals surface area contributed by atoms with Gasteiger partial charge in [-0.05, 0) is 36.8 Å². The van der Waals surface area contributed by atoms with Crippen molar-refractivity contribution in [3.05, 3.63) is 94.6 Å². The number of hydrogen-bond donors (Lipinski definition) is 1. The Kier molecular flexibility index (Phi) is 7.96. The molecule has 0 fully saturated rings. The van der Waals surface area contributed by atoms with E-state index in [0.29, 0.717) is 28.6 Å². The van der Waals surface area contributed by atoms with Crippen LogP contribution in [0, 0.1) is 5.82 Å². The third-order valence-electron chi connectivity index (χ3n) is 5.04. The summed E-state index contributed by atoms with van der Waals surface area (Å²) in [5, 5.41) is 3.09. The van der Waals surface area contributed by atoms with Crippen molar-refractivity contribution in [3.8, 4) is 0 Å². The molecule has 1 heterocycles. The van der Waals surface area contributed by atoms with E-state index in [-0.39, 0.29) is 43.3 Å². The molecule has 3 amide bonds. The standard InChI is InChI=1S/C25H26FN3O4/c1-3-13-28(25(32)27-4-2)16-23(30)29(14-18-9-11-20(26)12-10-18)15-19-17-33-22-8-6-5-7-21(22)24(19)31/h3,5-12,17H,1,4,13-16H2,2H3,(H,27,32). The number of fused-ring (bicyclic) bond motifs is 1. The maximum absolute atomic E-state index is 13.4.